The molecule has 3 aromatic heterocycles. The monoisotopic (exact) mass is 538 g/mol. The Morgan fingerprint density at radius 1 is 0.919 bits per heavy atom. The highest BCUT2D eigenvalue weighted by Crippen LogP contribution is 2.35. The van der Waals surface area contributed by atoms with Gasteiger partial charge >= 0.3 is 0 Å². The van der Waals surface area contributed by atoms with Gasteiger partial charge in [-0.15, -0.1) is 0 Å². The number of aryl methyl sites for hydroxylation is 1. The first-order chi connectivity index (χ1) is 17.8. The maximum Gasteiger partial charge on any atom is 0.141 e. The van der Waals surface area contributed by atoms with Crippen LogP contribution in [0.3, 0.4) is 0 Å². The van der Waals surface area contributed by atoms with E-state index >= 15 is 0 Å². The average Bonchev–Trinajstić information content (AvgIpc) is 3.31. The molecule has 1 atom stereocenters. The summed E-state index contributed by atoms with van der Waals surface area (Å²) in [6.07, 6.45) is 5.24. The molecule has 0 aliphatic heterocycles. The lowest BCUT2D eigenvalue weighted by molar-refractivity contribution is 0.218. The molecule has 2 aromatic carbocycles. The molecule has 0 aliphatic rings. The van der Waals surface area contributed by atoms with Crippen LogP contribution in [-0.2, 0) is 6.54 Å². The van der Waals surface area contributed by atoms with E-state index in [0.29, 0.717) is 45.7 Å². The van der Waals surface area contributed by atoms with Gasteiger partial charge in [-0.2, -0.15) is 20.4 Å². The molecule has 1 unspecified atom stereocenters. The molecule has 0 amide bonds. The first kappa shape index (κ1) is 24.9. The van der Waals surface area contributed by atoms with Crippen LogP contribution in [-0.4, -0.2) is 35.1 Å². The van der Waals surface area contributed by atoms with Crippen molar-refractivity contribution in [1.29, 1.82) is 0 Å². The number of rotatable bonds is 6. The molecule has 3 heterocycles. The molecule has 37 heavy (non-hydrogen) atoms. The Balaban J connectivity index is 1.64. The zero-order valence-electron chi connectivity index (χ0n) is 19.3. The van der Waals surface area contributed by atoms with Crippen LogP contribution in [0, 0.1) is 18.6 Å². The highest BCUT2D eigenvalue weighted by atomic mass is 35.5. The summed E-state index contributed by atoms with van der Waals surface area (Å²) in [6, 6.07) is 10.0. The Hall–Kier alpha value is -3.79. The van der Waals surface area contributed by atoms with E-state index in [1.165, 1.54) is 42.6 Å². The lowest BCUT2D eigenvalue weighted by Crippen LogP contribution is -2.13. The summed E-state index contributed by atoms with van der Waals surface area (Å²) >= 11 is 12.0. The summed E-state index contributed by atoms with van der Waals surface area (Å²) in [5, 5.41) is 28.1. The molecule has 0 fully saturated rings. The second-order valence-corrected chi connectivity index (χ2v) is 9.08. The van der Waals surface area contributed by atoms with Gasteiger partial charge < -0.3 is 9.67 Å². The lowest BCUT2D eigenvalue weighted by Gasteiger charge is -2.20. The van der Waals surface area contributed by atoms with Gasteiger partial charge in [0.2, 0.25) is 0 Å². The van der Waals surface area contributed by atoms with Crippen molar-refractivity contribution in [3.63, 3.8) is 0 Å². The molecule has 0 bridgehead atoms. The number of aliphatic hydroxyl groups is 1. The summed E-state index contributed by atoms with van der Waals surface area (Å²) < 4.78 is 29.5. The molecule has 0 saturated heterocycles. The molecular formula is C26H18Cl2F2N6O. The fourth-order valence-electron chi connectivity index (χ4n) is 3.97. The normalized spacial score (nSPS) is 12.1. The number of aliphatic hydroxyl groups excluding tert-OH is 1. The van der Waals surface area contributed by atoms with E-state index in [-0.39, 0.29) is 10.0 Å². The Morgan fingerprint density at radius 2 is 1.59 bits per heavy atom. The Kier molecular flexibility index (Phi) is 6.92. The molecule has 5 rings (SSSR count). The largest absolute Gasteiger partial charge is 0.384 e. The molecule has 1 N–H and O–H groups in total. The summed E-state index contributed by atoms with van der Waals surface area (Å²) in [5.74, 6) is -0.365. The zero-order chi connectivity index (χ0) is 26.1. The van der Waals surface area contributed by atoms with Gasteiger partial charge in [0.25, 0.3) is 0 Å². The first-order valence-electron chi connectivity index (χ1n) is 11.1. The third-order valence-electron chi connectivity index (χ3n) is 5.91. The number of benzene rings is 2. The molecule has 0 radical (unpaired) electrons. The molecule has 0 spiro atoms. The number of hydrogen-bond acceptors (Lipinski definition) is 6. The maximum absolute atomic E-state index is 13.9. The Bertz CT molecular complexity index is 1610. The van der Waals surface area contributed by atoms with Gasteiger partial charge in [-0.25, -0.2) is 13.8 Å². The number of nitrogens with zero attached hydrogens (tertiary/aromatic N) is 6. The third kappa shape index (κ3) is 5.06. The molecule has 0 saturated carbocycles. The predicted octanol–water partition coefficient (Wildman–Crippen LogP) is 5.82. The van der Waals surface area contributed by atoms with Crippen molar-refractivity contribution in [3.8, 4) is 22.5 Å². The van der Waals surface area contributed by atoms with Crippen LogP contribution in [0.2, 0.25) is 10.0 Å². The minimum absolute atomic E-state index is 0.0583. The average molecular weight is 539 g/mol. The van der Waals surface area contributed by atoms with Crippen LogP contribution in [0.5, 0.6) is 0 Å². The summed E-state index contributed by atoms with van der Waals surface area (Å²) in [7, 11) is 0. The van der Waals surface area contributed by atoms with E-state index in [9.17, 15) is 13.9 Å². The van der Waals surface area contributed by atoms with Gasteiger partial charge in [-0.05, 0) is 49.4 Å². The van der Waals surface area contributed by atoms with Crippen molar-refractivity contribution in [3.05, 3.63) is 111 Å². The van der Waals surface area contributed by atoms with Gasteiger partial charge in [0.1, 0.15) is 23.6 Å². The van der Waals surface area contributed by atoms with Crippen LogP contribution in [0.25, 0.3) is 22.5 Å². The third-order valence-corrected chi connectivity index (χ3v) is 6.49. The van der Waals surface area contributed by atoms with Crippen molar-refractivity contribution < 1.29 is 13.9 Å². The van der Waals surface area contributed by atoms with Gasteiger partial charge in [0.05, 0.1) is 40.4 Å². The van der Waals surface area contributed by atoms with E-state index in [0.717, 1.165) is 5.82 Å². The highest BCUT2D eigenvalue weighted by Gasteiger charge is 2.24. The van der Waals surface area contributed by atoms with Crippen LogP contribution in [0.4, 0.5) is 8.78 Å². The van der Waals surface area contributed by atoms with Gasteiger partial charge in [-0.3, -0.25) is 0 Å². The molecule has 0 aliphatic carbocycles. The highest BCUT2D eigenvalue weighted by molar-refractivity contribution is 6.31. The molecule has 11 heteroatoms. The van der Waals surface area contributed by atoms with Crippen LogP contribution < -0.4 is 0 Å². The molecular weight excluding hydrogens is 521 g/mol. The van der Waals surface area contributed by atoms with Gasteiger partial charge in [0, 0.05) is 40.2 Å². The summed E-state index contributed by atoms with van der Waals surface area (Å²) in [4.78, 5) is 4.26. The fourth-order valence-corrected chi connectivity index (χ4v) is 4.33. The lowest BCUT2D eigenvalue weighted by atomic mass is 9.93. The van der Waals surface area contributed by atoms with Crippen molar-refractivity contribution in [1.82, 2.24) is 29.9 Å². The minimum Gasteiger partial charge on any atom is -0.384 e. The number of imidazole rings is 1. The van der Waals surface area contributed by atoms with Gasteiger partial charge in [0.15, 0.2) is 0 Å². The minimum atomic E-state index is -1.22. The predicted molar refractivity (Wildman–Crippen MR) is 135 cm³/mol. The van der Waals surface area contributed by atoms with Crippen molar-refractivity contribution in [2.75, 3.05) is 0 Å². The first-order valence-corrected chi connectivity index (χ1v) is 11.8. The second kappa shape index (κ2) is 10.3. The van der Waals surface area contributed by atoms with Crippen LogP contribution in [0.1, 0.15) is 28.6 Å². The van der Waals surface area contributed by atoms with E-state index in [1.54, 1.807) is 18.5 Å². The summed E-state index contributed by atoms with van der Waals surface area (Å²) in [5.41, 5.74) is 3.21. The van der Waals surface area contributed by atoms with E-state index in [2.05, 4.69) is 25.4 Å². The quantitative estimate of drug-likeness (QED) is 0.293. The maximum atomic E-state index is 13.9. The number of aromatic nitrogens is 6. The van der Waals surface area contributed by atoms with E-state index < -0.39 is 17.7 Å². The molecule has 5 aromatic rings. The topological polar surface area (TPSA) is 89.6 Å². The molecule has 186 valence electrons. The van der Waals surface area contributed by atoms with Gasteiger partial charge in [-0.1, -0.05) is 23.2 Å². The Morgan fingerprint density at radius 3 is 2.27 bits per heavy atom. The standard InChI is InChI=1S/C26H18Cl2F2N6O/c1-14-31-6-7-36(14)13-18-12-33-35-25(16-3-5-22(30)20(28)9-16)24(18)26(37)17-10-23(34-32-11-17)15-2-4-21(29)19(27)8-15/h2-12,26,37H,13H2,1H3. The van der Waals surface area contributed by atoms with E-state index in [1.807, 2.05) is 17.7 Å². The smallest absolute Gasteiger partial charge is 0.141 e. The number of halogens is 4. The Labute approximate surface area is 220 Å². The van der Waals surface area contributed by atoms with Crippen molar-refractivity contribution in [2.45, 2.75) is 19.6 Å². The summed E-state index contributed by atoms with van der Waals surface area (Å²) in [6.45, 7) is 2.20. The SMILES string of the molecule is Cc1nccn1Cc1cnnc(-c2ccc(F)c(Cl)c2)c1C(O)c1cnnc(-c2ccc(F)c(Cl)c2)c1. The number of hydrogen-bond donors (Lipinski definition) is 1. The fraction of sp³-hybridized carbons (Fsp3) is 0.115. The van der Waals surface area contributed by atoms with Crippen LogP contribution >= 0.6 is 23.2 Å². The van der Waals surface area contributed by atoms with Crippen molar-refractivity contribution in [2.24, 2.45) is 0 Å². The zero-order valence-corrected chi connectivity index (χ0v) is 20.8. The second-order valence-electron chi connectivity index (χ2n) is 8.27. The van der Waals surface area contributed by atoms with Crippen LogP contribution in [0.15, 0.2) is 67.3 Å². The van der Waals surface area contributed by atoms with Crippen molar-refractivity contribution >= 4 is 23.2 Å². The van der Waals surface area contributed by atoms with E-state index in [4.69, 9.17) is 23.2 Å². The molecule has 7 nitrogen and oxygen atoms in total.